The predicted molar refractivity (Wildman–Crippen MR) is 92.8 cm³/mol. The fourth-order valence-corrected chi connectivity index (χ4v) is 4.11. The molecule has 0 saturated heterocycles. The zero-order valence-electron chi connectivity index (χ0n) is 13.5. The second-order valence-corrected chi connectivity index (χ2v) is 7.35. The summed E-state index contributed by atoms with van der Waals surface area (Å²) in [7, 11) is 0. The van der Waals surface area contributed by atoms with Crippen molar-refractivity contribution in [1.29, 1.82) is 0 Å². The molecule has 3 N–H and O–H groups in total. The molecule has 0 radical (unpaired) electrons. The summed E-state index contributed by atoms with van der Waals surface area (Å²) in [6.07, 6.45) is 0.646. The number of nitrogens with two attached hydrogens (primary N) is 1. The SMILES string of the molecule is CC(F)(F)c1cccc2[nH]c(C(=O)N3CCc4nc(N)sc4C3)cc12. The van der Waals surface area contributed by atoms with Gasteiger partial charge in [0, 0.05) is 41.2 Å². The Balaban J connectivity index is 1.67. The van der Waals surface area contributed by atoms with Crippen LogP contribution in [0.1, 0.15) is 33.5 Å². The summed E-state index contributed by atoms with van der Waals surface area (Å²) in [6.45, 7) is 1.83. The Labute approximate surface area is 146 Å². The van der Waals surface area contributed by atoms with E-state index in [9.17, 15) is 13.6 Å². The van der Waals surface area contributed by atoms with E-state index in [4.69, 9.17) is 5.73 Å². The van der Waals surface area contributed by atoms with Gasteiger partial charge in [0.1, 0.15) is 5.69 Å². The van der Waals surface area contributed by atoms with Gasteiger partial charge in [-0.15, -0.1) is 11.3 Å². The lowest BCUT2D eigenvalue weighted by atomic mass is 10.0. The van der Waals surface area contributed by atoms with Crippen molar-refractivity contribution in [2.24, 2.45) is 0 Å². The molecular formula is C17H16F2N4OS. The number of nitrogen functional groups attached to an aromatic ring is 1. The highest BCUT2D eigenvalue weighted by Crippen LogP contribution is 2.34. The average molecular weight is 362 g/mol. The second kappa shape index (κ2) is 5.52. The molecule has 4 rings (SSSR count). The van der Waals surface area contributed by atoms with Crippen molar-refractivity contribution in [1.82, 2.24) is 14.9 Å². The quantitative estimate of drug-likeness (QED) is 0.732. The number of benzene rings is 1. The smallest absolute Gasteiger partial charge is 0.271 e. The van der Waals surface area contributed by atoms with E-state index in [-0.39, 0.29) is 11.5 Å². The Morgan fingerprint density at radius 1 is 1.44 bits per heavy atom. The third-order valence-electron chi connectivity index (χ3n) is 4.40. The van der Waals surface area contributed by atoms with Crippen LogP contribution in [0.4, 0.5) is 13.9 Å². The number of amides is 1. The van der Waals surface area contributed by atoms with E-state index in [0.717, 1.165) is 17.5 Å². The highest BCUT2D eigenvalue weighted by Gasteiger charge is 2.29. The summed E-state index contributed by atoms with van der Waals surface area (Å²) < 4.78 is 27.6. The molecule has 1 aromatic carbocycles. The number of aromatic amines is 1. The molecule has 0 fully saturated rings. The minimum atomic E-state index is -2.97. The molecule has 5 nitrogen and oxygen atoms in total. The summed E-state index contributed by atoms with van der Waals surface area (Å²) >= 11 is 1.38. The van der Waals surface area contributed by atoms with Crippen molar-refractivity contribution < 1.29 is 13.6 Å². The molecule has 0 atom stereocenters. The van der Waals surface area contributed by atoms with Gasteiger partial charge in [0.05, 0.1) is 12.2 Å². The number of H-pyrrole nitrogens is 1. The van der Waals surface area contributed by atoms with Gasteiger partial charge in [-0.25, -0.2) is 13.8 Å². The number of hydrogen-bond acceptors (Lipinski definition) is 4. The van der Waals surface area contributed by atoms with Crippen molar-refractivity contribution in [3.05, 3.63) is 46.1 Å². The fraction of sp³-hybridized carbons (Fsp3) is 0.294. The second-order valence-electron chi connectivity index (χ2n) is 6.24. The minimum absolute atomic E-state index is 0.0866. The van der Waals surface area contributed by atoms with Gasteiger partial charge in [0.15, 0.2) is 5.13 Å². The van der Waals surface area contributed by atoms with Crippen LogP contribution in [-0.4, -0.2) is 27.3 Å². The number of hydrogen-bond donors (Lipinski definition) is 2. The van der Waals surface area contributed by atoms with Crippen molar-refractivity contribution in [3.63, 3.8) is 0 Å². The summed E-state index contributed by atoms with van der Waals surface area (Å²) in [5, 5.41) is 0.873. The van der Waals surface area contributed by atoms with E-state index in [2.05, 4.69) is 9.97 Å². The molecular weight excluding hydrogens is 346 g/mol. The normalized spacial score (nSPS) is 14.8. The molecule has 8 heteroatoms. The molecule has 0 saturated carbocycles. The number of alkyl halides is 2. The monoisotopic (exact) mass is 362 g/mol. The highest BCUT2D eigenvalue weighted by molar-refractivity contribution is 7.15. The Morgan fingerprint density at radius 2 is 2.24 bits per heavy atom. The molecule has 0 bridgehead atoms. The number of carbonyl (C=O) groups excluding carboxylic acids is 1. The molecule has 3 heterocycles. The number of rotatable bonds is 2. The van der Waals surface area contributed by atoms with Gasteiger partial charge in [-0.2, -0.15) is 0 Å². The first-order valence-corrected chi connectivity index (χ1v) is 8.68. The maximum Gasteiger partial charge on any atom is 0.271 e. The first-order valence-electron chi connectivity index (χ1n) is 7.86. The van der Waals surface area contributed by atoms with Gasteiger partial charge in [-0.05, 0) is 12.1 Å². The topological polar surface area (TPSA) is 75.0 Å². The maximum absolute atomic E-state index is 13.8. The minimum Gasteiger partial charge on any atom is -0.375 e. The Morgan fingerprint density at radius 3 is 3.00 bits per heavy atom. The Bertz CT molecular complexity index is 973. The van der Waals surface area contributed by atoms with Gasteiger partial charge in [-0.1, -0.05) is 12.1 Å². The van der Waals surface area contributed by atoms with E-state index in [1.165, 1.54) is 23.5 Å². The maximum atomic E-state index is 13.8. The van der Waals surface area contributed by atoms with Gasteiger partial charge in [-0.3, -0.25) is 4.79 Å². The highest BCUT2D eigenvalue weighted by atomic mass is 32.1. The van der Waals surface area contributed by atoms with Gasteiger partial charge < -0.3 is 15.6 Å². The van der Waals surface area contributed by atoms with E-state index < -0.39 is 5.92 Å². The van der Waals surface area contributed by atoms with E-state index >= 15 is 0 Å². The number of nitrogens with one attached hydrogen (secondary N) is 1. The molecule has 1 aliphatic rings. The summed E-state index contributed by atoms with van der Waals surface area (Å²) in [5.41, 5.74) is 7.42. The lowest BCUT2D eigenvalue weighted by Crippen LogP contribution is -2.35. The number of carbonyl (C=O) groups is 1. The van der Waals surface area contributed by atoms with Gasteiger partial charge in [0.2, 0.25) is 0 Å². The number of nitrogens with zero attached hydrogens (tertiary/aromatic N) is 2. The third kappa shape index (κ3) is 2.76. The lowest BCUT2D eigenvalue weighted by Gasteiger charge is -2.25. The zero-order chi connectivity index (χ0) is 17.8. The molecule has 0 unspecified atom stereocenters. The van der Waals surface area contributed by atoms with E-state index in [1.54, 1.807) is 17.0 Å². The first kappa shape index (κ1) is 16.0. The Kier molecular flexibility index (Phi) is 3.54. The van der Waals surface area contributed by atoms with Crippen LogP contribution in [0.25, 0.3) is 10.9 Å². The number of anilines is 1. The van der Waals surface area contributed by atoms with Crippen molar-refractivity contribution in [2.75, 3.05) is 12.3 Å². The van der Waals surface area contributed by atoms with Crippen LogP contribution < -0.4 is 5.73 Å². The van der Waals surface area contributed by atoms with E-state index in [0.29, 0.717) is 41.2 Å². The van der Waals surface area contributed by atoms with Crippen molar-refractivity contribution in [3.8, 4) is 0 Å². The van der Waals surface area contributed by atoms with Crippen LogP contribution in [0, 0.1) is 0 Å². The molecule has 1 aliphatic heterocycles. The fourth-order valence-electron chi connectivity index (χ4n) is 3.21. The van der Waals surface area contributed by atoms with Crippen LogP contribution >= 0.6 is 11.3 Å². The van der Waals surface area contributed by atoms with Crippen molar-refractivity contribution >= 4 is 33.3 Å². The summed E-state index contributed by atoms with van der Waals surface area (Å²) in [6, 6.07) is 6.16. The molecule has 0 spiro atoms. The van der Waals surface area contributed by atoms with Crippen molar-refractivity contribution in [2.45, 2.75) is 25.8 Å². The number of fused-ring (bicyclic) bond motifs is 2. The Hall–Kier alpha value is -2.48. The number of thiazole rings is 1. The lowest BCUT2D eigenvalue weighted by molar-refractivity contribution is 0.0191. The van der Waals surface area contributed by atoms with Crippen LogP contribution in [0.15, 0.2) is 24.3 Å². The van der Waals surface area contributed by atoms with Crippen LogP contribution in [-0.2, 0) is 18.9 Å². The molecule has 3 aromatic rings. The molecule has 1 amide bonds. The summed E-state index contributed by atoms with van der Waals surface area (Å²) in [4.78, 5) is 22.7. The molecule has 0 aliphatic carbocycles. The predicted octanol–water partition coefficient (Wildman–Crippen LogP) is 3.52. The molecule has 130 valence electrons. The standard InChI is InChI=1S/C17H16F2N4OS/c1-17(18,19)10-3-2-4-11-9(10)7-13(21-11)15(24)23-6-5-12-14(8-23)25-16(20)22-12/h2-4,7,21H,5-6,8H2,1H3,(H2,20,22). The molecule has 25 heavy (non-hydrogen) atoms. The van der Waals surface area contributed by atoms with Crippen LogP contribution in [0.2, 0.25) is 0 Å². The number of halogens is 2. The average Bonchev–Trinajstić information content (AvgIpc) is 3.13. The van der Waals surface area contributed by atoms with Crippen LogP contribution in [0.5, 0.6) is 0 Å². The zero-order valence-corrected chi connectivity index (χ0v) is 14.3. The largest absolute Gasteiger partial charge is 0.375 e. The number of aromatic nitrogens is 2. The molecule has 2 aromatic heterocycles. The summed E-state index contributed by atoms with van der Waals surface area (Å²) in [5.74, 6) is -3.18. The third-order valence-corrected chi connectivity index (χ3v) is 5.31. The van der Waals surface area contributed by atoms with E-state index in [1.807, 2.05) is 0 Å². The van der Waals surface area contributed by atoms with Gasteiger partial charge in [0.25, 0.3) is 11.8 Å². The first-order chi connectivity index (χ1) is 11.8. The van der Waals surface area contributed by atoms with Gasteiger partial charge >= 0.3 is 0 Å². The van der Waals surface area contributed by atoms with Crippen LogP contribution in [0.3, 0.4) is 0 Å².